The third kappa shape index (κ3) is 7.46. The first-order valence-corrected chi connectivity index (χ1v) is 8.18. The number of ether oxygens (including phenoxy) is 1. The van der Waals surface area contributed by atoms with Crippen LogP contribution in [0.2, 0.25) is 0 Å². The topological polar surface area (TPSA) is 58.6 Å². The van der Waals surface area contributed by atoms with E-state index in [1.54, 1.807) is 7.11 Å². The Bertz CT molecular complexity index is 390. The molecule has 0 bridgehead atoms. The molecule has 124 valence electrons. The zero-order valence-electron chi connectivity index (χ0n) is 13.6. The monoisotopic (exact) mass is 308 g/mol. The molecule has 1 atom stereocenters. The number of nitrogens with zero attached hydrogens (tertiary/aromatic N) is 1. The standard InChI is InChI=1S/C17H28N2O3/c1-3-4-6-9-16(20)18-12-8-5-7-10-17(21)19-13-11-15(14-19)22-2/h1,15H,4-14H2,2H3,(H,18,20)/t15-/m0/s1. The molecule has 5 heteroatoms. The fourth-order valence-corrected chi connectivity index (χ4v) is 2.55. The number of rotatable bonds is 10. The number of hydrogen-bond acceptors (Lipinski definition) is 3. The highest BCUT2D eigenvalue weighted by molar-refractivity contribution is 5.76. The molecule has 22 heavy (non-hydrogen) atoms. The third-order valence-electron chi connectivity index (χ3n) is 3.95. The van der Waals surface area contributed by atoms with Gasteiger partial charge >= 0.3 is 0 Å². The largest absolute Gasteiger partial charge is 0.380 e. The van der Waals surface area contributed by atoms with E-state index in [0.717, 1.165) is 45.2 Å². The minimum absolute atomic E-state index is 0.0639. The molecular weight excluding hydrogens is 280 g/mol. The maximum absolute atomic E-state index is 12.0. The molecular formula is C17H28N2O3. The second kappa shape index (κ2) is 11.1. The molecule has 5 nitrogen and oxygen atoms in total. The average molecular weight is 308 g/mol. The molecule has 1 aliphatic heterocycles. The first-order valence-electron chi connectivity index (χ1n) is 8.18. The quantitative estimate of drug-likeness (QED) is 0.494. The number of unbranched alkanes of at least 4 members (excludes halogenated alkanes) is 3. The van der Waals surface area contributed by atoms with Crippen LogP contribution in [0.5, 0.6) is 0 Å². The van der Waals surface area contributed by atoms with E-state index in [9.17, 15) is 9.59 Å². The number of amides is 2. The van der Waals surface area contributed by atoms with Gasteiger partial charge in [0, 0.05) is 46.0 Å². The van der Waals surface area contributed by atoms with Crippen molar-refractivity contribution >= 4 is 11.8 Å². The number of methoxy groups -OCH3 is 1. The van der Waals surface area contributed by atoms with Crippen molar-refractivity contribution in [2.24, 2.45) is 0 Å². The summed E-state index contributed by atoms with van der Waals surface area (Å²) in [4.78, 5) is 25.3. The smallest absolute Gasteiger partial charge is 0.222 e. The van der Waals surface area contributed by atoms with Gasteiger partial charge in [-0.25, -0.2) is 0 Å². The summed E-state index contributed by atoms with van der Waals surface area (Å²) in [6.07, 6.45) is 11.5. The second-order valence-corrected chi connectivity index (χ2v) is 5.70. The summed E-state index contributed by atoms with van der Waals surface area (Å²) in [5.74, 6) is 2.81. The molecule has 0 aliphatic carbocycles. The number of likely N-dealkylation sites (tertiary alicyclic amines) is 1. The van der Waals surface area contributed by atoms with Gasteiger partial charge in [-0.2, -0.15) is 0 Å². The van der Waals surface area contributed by atoms with Gasteiger partial charge in [0.1, 0.15) is 0 Å². The molecule has 1 fully saturated rings. The summed E-state index contributed by atoms with van der Waals surface area (Å²) in [7, 11) is 1.69. The summed E-state index contributed by atoms with van der Waals surface area (Å²) >= 11 is 0. The molecule has 0 unspecified atom stereocenters. The molecule has 0 radical (unpaired) electrons. The number of carbonyl (C=O) groups is 2. The Balaban J connectivity index is 1.96. The Labute approximate surface area is 133 Å². The van der Waals surface area contributed by atoms with E-state index in [4.69, 9.17) is 11.2 Å². The Kier molecular flexibility index (Phi) is 9.33. The number of carbonyl (C=O) groups excluding carboxylic acids is 2. The van der Waals surface area contributed by atoms with Gasteiger partial charge in [-0.1, -0.05) is 6.42 Å². The molecule has 1 N–H and O–H groups in total. The van der Waals surface area contributed by atoms with Crippen molar-refractivity contribution in [3.63, 3.8) is 0 Å². The SMILES string of the molecule is C#CCCCC(=O)NCCCCCC(=O)N1CC[C@H](OC)C1. The Morgan fingerprint density at radius 2 is 2.09 bits per heavy atom. The van der Waals surface area contributed by atoms with Gasteiger partial charge in [0.25, 0.3) is 0 Å². The van der Waals surface area contributed by atoms with Crippen LogP contribution in [0, 0.1) is 12.3 Å². The van der Waals surface area contributed by atoms with E-state index in [1.165, 1.54) is 0 Å². The van der Waals surface area contributed by atoms with Gasteiger partial charge in [-0.15, -0.1) is 12.3 Å². The van der Waals surface area contributed by atoms with E-state index in [2.05, 4.69) is 11.2 Å². The predicted molar refractivity (Wildman–Crippen MR) is 86.2 cm³/mol. The van der Waals surface area contributed by atoms with Crippen LogP contribution in [0.25, 0.3) is 0 Å². The molecule has 1 rings (SSSR count). The van der Waals surface area contributed by atoms with Gasteiger partial charge in [0.2, 0.25) is 11.8 Å². The van der Waals surface area contributed by atoms with E-state index in [1.807, 2.05) is 4.90 Å². The summed E-state index contributed by atoms with van der Waals surface area (Å²) in [5.41, 5.74) is 0. The summed E-state index contributed by atoms with van der Waals surface area (Å²) in [6.45, 7) is 2.21. The second-order valence-electron chi connectivity index (χ2n) is 5.70. The zero-order valence-corrected chi connectivity index (χ0v) is 13.6. The van der Waals surface area contributed by atoms with Crippen LogP contribution in [0.1, 0.15) is 51.4 Å². The van der Waals surface area contributed by atoms with Gasteiger partial charge in [0.15, 0.2) is 0 Å². The maximum atomic E-state index is 12.0. The molecule has 0 saturated carbocycles. The molecule has 1 aliphatic rings. The highest BCUT2D eigenvalue weighted by Gasteiger charge is 2.25. The molecule has 0 spiro atoms. The lowest BCUT2D eigenvalue weighted by Crippen LogP contribution is -2.29. The van der Waals surface area contributed by atoms with E-state index in [0.29, 0.717) is 25.8 Å². The van der Waals surface area contributed by atoms with Crippen molar-refractivity contribution in [3.8, 4) is 12.3 Å². The van der Waals surface area contributed by atoms with Crippen LogP contribution in [0.4, 0.5) is 0 Å². The first kappa shape index (κ1) is 18.5. The molecule has 2 amide bonds. The number of nitrogens with one attached hydrogen (secondary N) is 1. The molecule has 0 aromatic carbocycles. The predicted octanol–water partition coefficient (Wildman–Crippen LogP) is 1.71. The first-order chi connectivity index (χ1) is 10.7. The summed E-state index contributed by atoms with van der Waals surface area (Å²) in [6, 6.07) is 0. The fourth-order valence-electron chi connectivity index (χ4n) is 2.55. The highest BCUT2D eigenvalue weighted by atomic mass is 16.5. The molecule has 0 aromatic heterocycles. The average Bonchev–Trinajstić information content (AvgIpc) is 3.00. The third-order valence-corrected chi connectivity index (χ3v) is 3.95. The normalized spacial score (nSPS) is 17.3. The lowest BCUT2D eigenvalue weighted by molar-refractivity contribution is -0.130. The van der Waals surface area contributed by atoms with Crippen molar-refractivity contribution in [2.45, 2.75) is 57.5 Å². The minimum Gasteiger partial charge on any atom is -0.380 e. The van der Waals surface area contributed by atoms with Crippen LogP contribution < -0.4 is 5.32 Å². The Morgan fingerprint density at radius 1 is 1.27 bits per heavy atom. The maximum Gasteiger partial charge on any atom is 0.222 e. The Morgan fingerprint density at radius 3 is 2.77 bits per heavy atom. The van der Waals surface area contributed by atoms with Crippen LogP contribution in [-0.4, -0.2) is 49.6 Å². The summed E-state index contributed by atoms with van der Waals surface area (Å²) in [5, 5.41) is 2.88. The number of hydrogen-bond donors (Lipinski definition) is 1. The Hall–Kier alpha value is -1.54. The van der Waals surface area contributed by atoms with E-state index < -0.39 is 0 Å². The van der Waals surface area contributed by atoms with E-state index >= 15 is 0 Å². The lowest BCUT2D eigenvalue weighted by atomic mass is 10.1. The fraction of sp³-hybridized carbons (Fsp3) is 0.765. The van der Waals surface area contributed by atoms with Crippen molar-refractivity contribution in [1.29, 1.82) is 0 Å². The van der Waals surface area contributed by atoms with Crippen molar-refractivity contribution < 1.29 is 14.3 Å². The number of terminal acetylenes is 1. The lowest BCUT2D eigenvalue weighted by Gasteiger charge is -2.16. The van der Waals surface area contributed by atoms with Crippen molar-refractivity contribution in [1.82, 2.24) is 10.2 Å². The van der Waals surface area contributed by atoms with Crippen molar-refractivity contribution in [3.05, 3.63) is 0 Å². The van der Waals surface area contributed by atoms with Crippen LogP contribution in [-0.2, 0) is 14.3 Å². The van der Waals surface area contributed by atoms with Gasteiger partial charge in [-0.05, 0) is 25.7 Å². The van der Waals surface area contributed by atoms with Crippen molar-refractivity contribution in [2.75, 3.05) is 26.7 Å². The summed E-state index contributed by atoms with van der Waals surface area (Å²) < 4.78 is 5.26. The molecule has 0 aromatic rings. The molecule has 1 heterocycles. The van der Waals surface area contributed by atoms with Gasteiger partial charge < -0.3 is 15.0 Å². The van der Waals surface area contributed by atoms with E-state index in [-0.39, 0.29) is 17.9 Å². The van der Waals surface area contributed by atoms with Crippen LogP contribution in [0.15, 0.2) is 0 Å². The van der Waals surface area contributed by atoms with Gasteiger partial charge in [0.05, 0.1) is 6.10 Å². The minimum atomic E-state index is 0.0639. The molecule has 1 saturated heterocycles. The van der Waals surface area contributed by atoms with Crippen LogP contribution >= 0.6 is 0 Å². The zero-order chi connectivity index (χ0) is 16.2. The van der Waals surface area contributed by atoms with Gasteiger partial charge in [-0.3, -0.25) is 9.59 Å². The highest BCUT2D eigenvalue weighted by Crippen LogP contribution is 2.14. The van der Waals surface area contributed by atoms with Crippen LogP contribution in [0.3, 0.4) is 0 Å².